The zero-order chi connectivity index (χ0) is 19.5. The number of fused-ring (bicyclic) bond motifs is 1. The SMILES string of the molecule is CN(C)C1NC2CNNC(=O)C2C(Nc2ccc(CN3CCNCC3)cc2)N1. The van der Waals surface area contributed by atoms with Crippen LogP contribution in [0.5, 0.6) is 0 Å². The minimum absolute atomic E-state index is 0.00119. The second-order valence-electron chi connectivity index (χ2n) is 8.05. The predicted molar refractivity (Wildman–Crippen MR) is 109 cm³/mol. The molecule has 3 heterocycles. The highest BCUT2D eigenvalue weighted by molar-refractivity contribution is 5.81. The van der Waals surface area contributed by atoms with Crippen molar-refractivity contribution in [2.75, 3.05) is 52.1 Å². The molecular weight excluding hydrogens is 356 g/mol. The summed E-state index contributed by atoms with van der Waals surface area (Å²) >= 11 is 0. The maximum absolute atomic E-state index is 12.5. The lowest BCUT2D eigenvalue weighted by atomic mass is 9.91. The molecule has 4 atom stereocenters. The van der Waals surface area contributed by atoms with Crippen molar-refractivity contribution < 1.29 is 4.79 Å². The van der Waals surface area contributed by atoms with Crippen LogP contribution in [0.25, 0.3) is 0 Å². The van der Waals surface area contributed by atoms with E-state index in [1.54, 1.807) is 0 Å². The molecule has 0 bridgehead atoms. The van der Waals surface area contributed by atoms with E-state index in [4.69, 9.17) is 0 Å². The molecule has 9 nitrogen and oxygen atoms in total. The second-order valence-corrected chi connectivity index (χ2v) is 8.05. The van der Waals surface area contributed by atoms with Crippen molar-refractivity contribution in [1.29, 1.82) is 0 Å². The summed E-state index contributed by atoms with van der Waals surface area (Å²) in [5.74, 6) is -0.195. The third kappa shape index (κ3) is 4.45. The Hall–Kier alpha value is -1.75. The van der Waals surface area contributed by atoms with Gasteiger partial charge in [0.1, 0.15) is 6.29 Å². The van der Waals surface area contributed by atoms with Crippen molar-refractivity contribution in [2.24, 2.45) is 5.92 Å². The minimum Gasteiger partial charge on any atom is -0.369 e. The summed E-state index contributed by atoms with van der Waals surface area (Å²) in [7, 11) is 4.03. The standard InChI is InChI=1S/C19H32N8O/c1-26(2)19-23-15-11-21-25-18(28)16(15)17(24-19)22-14-5-3-13(4-6-14)12-27-9-7-20-8-10-27/h3-6,15-17,19-24H,7-12H2,1-2H3,(H,25,28). The van der Waals surface area contributed by atoms with Gasteiger partial charge in [-0.15, -0.1) is 0 Å². The van der Waals surface area contributed by atoms with Crippen LogP contribution >= 0.6 is 0 Å². The third-order valence-electron chi connectivity index (χ3n) is 5.75. The van der Waals surface area contributed by atoms with Gasteiger partial charge in [-0.25, -0.2) is 5.43 Å². The van der Waals surface area contributed by atoms with Crippen LogP contribution in [0.3, 0.4) is 0 Å². The molecule has 28 heavy (non-hydrogen) atoms. The molecule has 9 heteroatoms. The van der Waals surface area contributed by atoms with Gasteiger partial charge in [0, 0.05) is 51.0 Å². The quantitative estimate of drug-likeness (QED) is 0.362. The van der Waals surface area contributed by atoms with Gasteiger partial charge >= 0.3 is 0 Å². The summed E-state index contributed by atoms with van der Waals surface area (Å²) in [6.07, 6.45) is -0.154. The number of carbonyl (C=O) groups is 1. The normalized spacial score (nSPS) is 31.3. The maximum Gasteiger partial charge on any atom is 0.242 e. The van der Waals surface area contributed by atoms with E-state index in [2.05, 4.69) is 66.2 Å². The van der Waals surface area contributed by atoms with E-state index in [1.807, 2.05) is 14.1 Å². The maximum atomic E-state index is 12.5. The van der Waals surface area contributed by atoms with Gasteiger partial charge in [0.15, 0.2) is 0 Å². The summed E-state index contributed by atoms with van der Waals surface area (Å²) in [5.41, 5.74) is 8.07. The largest absolute Gasteiger partial charge is 0.369 e. The van der Waals surface area contributed by atoms with Gasteiger partial charge < -0.3 is 10.6 Å². The van der Waals surface area contributed by atoms with E-state index in [0.29, 0.717) is 6.54 Å². The molecule has 0 aliphatic carbocycles. The van der Waals surface area contributed by atoms with Crippen LogP contribution in [0.4, 0.5) is 5.69 Å². The number of rotatable bonds is 5. The van der Waals surface area contributed by atoms with Crippen LogP contribution in [0.15, 0.2) is 24.3 Å². The number of hydrazine groups is 1. The Morgan fingerprint density at radius 3 is 2.61 bits per heavy atom. The zero-order valence-corrected chi connectivity index (χ0v) is 16.7. The predicted octanol–water partition coefficient (Wildman–Crippen LogP) is -1.51. The molecule has 3 aliphatic rings. The van der Waals surface area contributed by atoms with Crippen molar-refractivity contribution >= 4 is 11.6 Å². The molecule has 0 spiro atoms. The highest BCUT2D eigenvalue weighted by Gasteiger charge is 2.44. The summed E-state index contributed by atoms with van der Waals surface area (Å²) in [6, 6.07) is 8.63. The average Bonchev–Trinajstić information content (AvgIpc) is 2.70. The van der Waals surface area contributed by atoms with E-state index < -0.39 is 0 Å². The Morgan fingerprint density at radius 1 is 1.14 bits per heavy atom. The van der Waals surface area contributed by atoms with Crippen LogP contribution in [0.2, 0.25) is 0 Å². The van der Waals surface area contributed by atoms with E-state index >= 15 is 0 Å². The fraction of sp³-hybridized carbons (Fsp3) is 0.632. The van der Waals surface area contributed by atoms with E-state index in [-0.39, 0.29) is 30.3 Å². The number of anilines is 1. The van der Waals surface area contributed by atoms with Gasteiger partial charge in [0.2, 0.25) is 5.91 Å². The highest BCUT2D eigenvalue weighted by atomic mass is 16.2. The number of hydrogen-bond acceptors (Lipinski definition) is 8. The molecule has 1 aromatic carbocycles. The number of nitrogens with one attached hydrogen (secondary N) is 6. The third-order valence-corrected chi connectivity index (χ3v) is 5.75. The summed E-state index contributed by atoms with van der Waals surface area (Å²) in [4.78, 5) is 17.0. The van der Waals surface area contributed by atoms with Crippen LogP contribution < -0.4 is 32.1 Å². The molecule has 0 radical (unpaired) electrons. The summed E-state index contributed by atoms with van der Waals surface area (Å²) in [6.45, 7) is 5.99. The molecule has 6 N–H and O–H groups in total. The molecule has 1 aromatic rings. The van der Waals surface area contributed by atoms with Gasteiger partial charge in [-0.2, -0.15) is 0 Å². The molecule has 3 fully saturated rings. The number of hydrogen-bond donors (Lipinski definition) is 6. The Bertz CT molecular complexity index is 660. The lowest BCUT2D eigenvalue weighted by Gasteiger charge is -2.47. The van der Waals surface area contributed by atoms with Crippen LogP contribution in [-0.2, 0) is 11.3 Å². The first-order valence-electron chi connectivity index (χ1n) is 10.1. The van der Waals surface area contributed by atoms with Crippen molar-refractivity contribution in [3.63, 3.8) is 0 Å². The molecule has 3 aliphatic heterocycles. The van der Waals surface area contributed by atoms with Crippen molar-refractivity contribution in [3.8, 4) is 0 Å². The topological polar surface area (TPSA) is 95.7 Å². The summed E-state index contributed by atoms with van der Waals surface area (Å²) in [5, 5.41) is 13.9. The molecular formula is C19H32N8O. The minimum atomic E-state index is -0.196. The number of amides is 1. The molecule has 4 rings (SSSR count). The number of carbonyl (C=O) groups excluding carboxylic acids is 1. The Labute approximate surface area is 166 Å². The zero-order valence-electron chi connectivity index (χ0n) is 16.7. The number of nitrogens with zero attached hydrogens (tertiary/aromatic N) is 2. The van der Waals surface area contributed by atoms with E-state index in [9.17, 15) is 4.79 Å². The average molecular weight is 389 g/mol. The van der Waals surface area contributed by atoms with Gasteiger partial charge in [-0.1, -0.05) is 12.1 Å². The van der Waals surface area contributed by atoms with Crippen molar-refractivity contribution in [2.45, 2.75) is 25.0 Å². The number of benzene rings is 1. The van der Waals surface area contributed by atoms with Gasteiger partial charge in [-0.05, 0) is 31.8 Å². The Morgan fingerprint density at radius 2 is 1.89 bits per heavy atom. The van der Waals surface area contributed by atoms with Gasteiger partial charge in [0.05, 0.1) is 12.1 Å². The van der Waals surface area contributed by atoms with E-state index in [1.165, 1.54) is 5.56 Å². The molecule has 154 valence electrons. The fourth-order valence-electron chi connectivity index (χ4n) is 4.16. The lowest BCUT2D eigenvalue weighted by Crippen LogP contribution is -2.76. The fourth-order valence-corrected chi connectivity index (χ4v) is 4.16. The molecule has 0 aromatic heterocycles. The van der Waals surface area contributed by atoms with Crippen molar-refractivity contribution in [3.05, 3.63) is 29.8 Å². The first-order valence-corrected chi connectivity index (χ1v) is 10.1. The highest BCUT2D eigenvalue weighted by Crippen LogP contribution is 2.21. The Balaban J connectivity index is 1.42. The molecule has 4 unspecified atom stereocenters. The second kappa shape index (κ2) is 8.73. The number of piperazine rings is 1. The van der Waals surface area contributed by atoms with E-state index in [0.717, 1.165) is 38.4 Å². The molecule has 0 saturated carbocycles. The first-order chi connectivity index (χ1) is 13.6. The monoisotopic (exact) mass is 388 g/mol. The van der Waals surface area contributed by atoms with Crippen LogP contribution in [0, 0.1) is 5.92 Å². The smallest absolute Gasteiger partial charge is 0.242 e. The molecule has 1 amide bonds. The first kappa shape index (κ1) is 19.6. The van der Waals surface area contributed by atoms with Crippen LogP contribution in [0.1, 0.15) is 5.56 Å². The Kier molecular flexibility index (Phi) is 6.10. The van der Waals surface area contributed by atoms with Gasteiger partial charge in [-0.3, -0.25) is 30.7 Å². The van der Waals surface area contributed by atoms with Gasteiger partial charge in [0.25, 0.3) is 0 Å². The molecule has 3 saturated heterocycles. The van der Waals surface area contributed by atoms with Crippen LogP contribution in [-0.4, -0.2) is 81.0 Å². The summed E-state index contributed by atoms with van der Waals surface area (Å²) < 4.78 is 0. The lowest BCUT2D eigenvalue weighted by molar-refractivity contribution is -0.132. The van der Waals surface area contributed by atoms with Crippen molar-refractivity contribution in [1.82, 2.24) is 36.6 Å².